The smallest absolute Gasteiger partial charge is 0.335 e. The fourth-order valence-electron chi connectivity index (χ4n) is 2.60. The van der Waals surface area contributed by atoms with Crippen molar-refractivity contribution in [3.63, 3.8) is 0 Å². The molecule has 0 amide bonds. The molecule has 3 aromatic rings. The quantitative estimate of drug-likeness (QED) is 0.549. The maximum absolute atomic E-state index is 12.8. The average molecular weight is 381 g/mol. The molecule has 0 aliphatic carbocycles. The second-order valence-electron chi connectivity index (χ2n) is 5.94. The van der Waals surface area contributed by atoms with Gasteiger partial charge in [0.05, 0.1) is 16.3 Å². The highest BCUT2D eigenvalue weighted by Gasteiger charge is 2.22. The van der Waals surface area contributed by atoms with E-state index in [1.54, 1.807) is 6.07 Å². The number of benzene rings is 2. The molecule has 1 N–H and O–H groups in total. The first-order valence-corrected chi connectivity index (χ1v) is 9.63. The number of carboxylic acids is 1. The molecule has 0 aliphatic rings. The molecule has 0 spiro atoms. The van der Waals surface area contributed by atoms with Crippen LogP contribution >= 0.6 is 10.7 Å². The van der Waals surface area contributed by atoms with Gasteiger partial charge in [-0.1, -0.05) is 13.8 Å². The Balaban J connectivity index is 2.55. The fraction of sp³-hybridized carbons (Fsp3) is 0.176. The molecule has 0 radical (unpaired) electrons. The molecule has 0 aliphatic heterocycles. The zero-order valence-corrected chi connectivity index (χ0v) is 14.8. The van der Waals surface area contributed by atoms with E-state index in [1.165, 1.54) is 24.3 Å². The minimum Gasteiger partial charge on any atom is -0.478 e. The van der Waals surface area contributed by atoms with Crippen LogP contribution in [0.4, 0.5) is 0 Å². The highest BCUT2D eigenvalue weighted by Crippen LogP contribution is 2.31. The number of carboxylic acid groups (broad SMARTS) is 1. The van der Waals surface area contributed by atoms with Crippen molar-refractivity contribution in [2.75, 3.05) is 0 Å². The van der Waals surface area contributed by atoms with Crippen molar-refractivity contribution in [2.24, 2.45) is 0 Å². The predicted molar refractivity (Wildman–Crippen MR) is 94.1 cm³/mol. The van der Waals surface area contributed by atoms with Crippen LogP contribution in [0.5, 0.6) is 0 Å². The Kier molecular flexibility index (Phi) is 4.09. The summed E-state index contributed by atoms with van der Waals surface area (Å²) in [5.74, 6) is -1.23. The lowest BCUT2D eigenvalue weighted by Crippen LogP contribution is -2.07. The van der Waals surface area contributed by atoms with Gasteiger partial charge >= 0.3 is 5.97 Å². The molecular formula is C17H13ClO6S. The molecule has 0 saturated heterocycles. The third kappa shape index (κ3) is 3.01. The first-order chi connectivity index (χ1) is 11.6. The van der Waals surface area contributed by atoms with E-state index in [9.17, 15) is 18.0 Å². The first-order valence-electron chi connectivity index (χ1n) is 7.32. The van der Waals surface area contributed by atoms with Crippen LogP contribution in [0.1, 0.15) is 35.7 Å². The van der Waals surface area contributed by atoms with Gasteiger partial charge in [-0.15, -0.1) is 0 Å². The second-order valence-corrected chi connectivity index (χ2v) is 8.47. The molecule has 0 fully saturated rings. The van der Waals surface area contributed by atoms with Crippen molar-refractivity contribution >= 4 is 47.6 Å². The van der Waals surface area contributed by atoms with Crippen molar-refractivity contribution in [1.82, 2.24) is 0 Å². The van der Waals surface area contributed by atoms with Gasteiger partial charge in [-0.25, -0.2) is 13.2 Å². The summed E-state index contributed by atoms with van der Waals surface area (Å²) < 4.78 is 29.5. The molecule has 8 heteroatoms. The predicted octanol–water partition coefficient (Wildman–Crippen LogP) is 3.70. The molecule has 2 aromatic carbocycles. The Labute approximate surface area is 147 Å². The SMILES string of the molecule is CC(C)c1cc(S(=O)(=O)Cl)c2oc3ccc(C(=O)O)cc3c(=O)c2c1. The van der Waals surface area contributed by atoms with Gasteiger partial charge in [-0.05, 0) is 41.8 Å². The molecule has 25 heavy (non-hydrogen) atoms. The van der Waals surface area contributed by atoms with Crippen LogP contribution < -0.4 is 5.43 Å². The second kappa shape index (κ2) is 5.86. The van der Waals surface area contributed by atoms with Crippen molar-refractivity contribution in [2.45, 2.75) is 24.7 Å². The highest BCUT2D eigenvalue weighted by molar-refractivity contribution is 8.14. The minimum absolute atomic E-state index is 0.0421. The van der Waals surface area contributed by atoms with E-state index < -0.39 is 20.4 Å². The van der Waals surface area contributed by atoms with Gasteiger partial charge in [0.15, 0.2) is 5.58 Å². The summed E-state index contributed by atoms with van der Waals surface area (Å²) >= 11 is 0. The van der Waals surface area contributed by atoms with Crippen molar-refractivity contribution in [1.29, 1.82) is 0 Å². The summed E-state index contributed by atoms with van der Waals surface area (Å²) in [5.41, 5.74) is -0.0260. The van der Waals surface area contributed by atoms with Crippen molar-refractivity contribution in [3.8, 4) is 0 Å². The number of carbonyl (C=O) groups is 1. The maximum Gasteiger partial charge on any atom is 0.335 e. The number of halogens is 1. The zero-order valence-electron chi connectivity index (χ0n) is 13.2. The van der Waals surface area contributed by atoms with Crippen LogP contribution in [-0.4, -0.2) is 19.5 Å². The average Bonchev–Trinajstić information content (AvgIpc) is 2.52. The summed E-state index contributed by atoms with van der Waals surface area (Å²) in [5, 5.41) is 9.19. The third-order valence-electron chi connectivity index (χ3n) is 3.93. The largest absolute Gasteiger partial charge is 0.478 e. The maximum atomic E-state index is 12.8. The fourth-order valence-corrected chi connectivity index (χ4v) is 3.59. The van der Waals surface area contributed by atoms with Crippen LogP contribution in [0, 0.1) is 0 Å². The van der Waals surface area contributed by atoms with E-state index in [2.05, 4.69) is 0 Å². The van der Waals surface area contributed by atoms with Gasteiger partial charge < -0.3 is 9.52 Å². The van der Waals surface area contributed by atoms with Gasteiger partial charge in [0.2, 0.25) is 5.43 Å². The van der Waals surface area contributed by atoms with Gasteiger partial charge in [0.1, 0.15) is 10.5 Å². The summed E-state index contributed by atoms with van der Waals surface area (Å²) in [7, 11) is 1.37. The molecule has 0 unspecified atom stereocenters. The topological polar surface area (TPSA) is 102 Å². The Morgan fingerprint density at radius 1 is 1.16 bits per heavy atom. The van der Waals surface area contributed by atoms with Crippen molar-refractivity contribution < 1.29 is 22.7 Å². The molecule has 1 heterocycles. The summed E-state index contributed by atoms with van der Waals surface area (Å²) in [4.78, 5) is 23.7. The standard InChI is InChI=1S/C17H13ClO6S/c1-8(2)10-6-12-15(19)11-5-9(17(20)21)3-4-13(11)24-16(12)14(7-10)25(18,22)23/h3-8H,1-2H3,(H,20,21). The van der Waals surface area contributed by atoms with Crippen molar-refractivity contribution in [3.05, 3.63) is 51.7 Å². The number of fused-ring (bicyclic) bond motifs is 2. The molecule has 6 nitrogen and oxygen atoms in total. The van der Waals surface area contributed by atoms with E-state index in [1.807, 2.05) is 13.8 Å². The Bertz CT molecular complexity index is 1190. The van der Waals surface area contributed by atoms with E-state index in [4.69, 9.17) is 20.2 Å². The summed E-state index contributed by atoms with van der Waals surface area (Å²) in [6, 6.07) is 6.73. The monoisotopic (exact) mass is 380 g/mol. The Hall–Kier alpha value is -2.38. The molecule has 130 valence electrons. The highest BCUT2D eigenvalue weighted by atomic mass is 35.7. The lowest BCUT2D eigenvalue weighted by molar-refractivity contribution is 0.0697. The lowest BCUT2D eigenvalue weighted by atomic mass is 10.0. The van der Waals surface area contributed by atoms with E-state index in [0.717, 1.165) is 0 Å². The molecular weight excluding hydrogens is 368 g/mol. The molecule has 0 saturated carbocycles. The Morgan fingerprint density at radius 3 is 2.40 bits per heavy atom. The van der Waals surface area contributed by atoms with E-state index in [0.29, 0.717) is 5.56 Å². The van der Waals surface area contributed by atoms with Crippen LogP contribution in [0.15, 0.2) is 44.4 Å². The first kappa shape index (κ1) is 17.4. The number of rotatable bonds is 3. The van der Waals surface area contributed by atoms with Gasteiger partial charge in [0, 0.05) is 10.7 Å². The Morgan fingerprint density at radius 2 is 1.84 bits per heavy atom. The molecule has 3 rings (SSSR count). The van der Waals surface area contributed by atoms with Crippen LogP contribution in [0.25, 0.3) is 21.9 Å². The number of hydrogen-bond donors (Lipinski definition) is 1. The van der Waals surface area contributed by atoms with E-state index >= 15 is 0 Å². The summed E-state index contributed by atoms with van der Waals surface area (Å²) in [6.07, 6.45) is 0. The lowest BCUT2D eigenvalue weighted by Gasteiger charge is -2.11. The van der Waals surface area contributed by atoms with E-state index in [-0.39, 0.29) is 38.3 Å². The van der Waals surface area contributed by atoms with Crippen LogP contribution in [0.3, 0.4) is 0 Å². The molecule has 0 atom stereocenters. The molecule has 0 bridgehead atoms. The zero-order chi connectivity index (χ0) is 18.5. The third-order valence-corrected chi connectivity index (χ3v) is 5.26. The number of hydrogen-bond acceptors (Lipinski definition) is 5. The van der Waals surface area contributed by atoms with Gasteiger partial charge in [-0.2, -0.15) is 0 Å². The number of aromatic carboxylic acids is 1. The van der Waals surface area contributed by atoms with Gasteiger partial charge in [-0.3, -0.25) is 4.79 Å². The normalized spacial score (nSPS) is 12.2. The van der Waals surface area contributed by atoms with Crippen LogP contribution in [0.2, 0.25) is 0 Å². The molecule has 1 aromatic heterocycles. The van der Waals surface area contributed by atoms with Crippen LogP contribution in [-0.2, 0) is 9.05 Å². The summed E-state index contributed by atoms with van der Waals surface area (Å²) in [6.45, 7) is 3.69. The minimum atomic E-state index is -4.15. The van der Waals surface area contributed by atoms with Gasteiger partial charge in [0.25, 0.3) is 9.05 Å².